The van der Waals surface area contributed by atoms with E-state index in [4.69, 9.17) is 32.7 Å². The Morgan fingerprint density at radius 3 is 2.53 bits per heavy atom. The minimum absolute atomic E-state index is 0.0248. The number of halogens is 2. The average molecular weight is 301 g/mol. The first-order valence-electron chi connectivity index (χ1n) is 6.90. The highest BCUT2D eigenvalue weighted by Gasteiger charge is 2.47. The van der Waals surface area contributed by atoms with Gasteiger partial charge in [-0.15, -0.1) is 0 Å². The summed E-state index contributed by atoms with van der Waals surface area (Å²) in [4.78, 5) is 0. The third-order valence-electron chi connectivity index (χ3n) is 4.05. The molecule has 2 atom stereocenters. The molecule has 1 saturated carbocycles. The van der Waals surface area contributed by atoms with Gasteiger partial charge in [0.05, 0.1) is 6.10 Å². The Morgan fingerprint density at radius 1 is 1.11 bits per heavy atom. The van der Waals surface area contributed by atoms with E-state index in [1.54, 1.807) is 6.07 Å². The Kier molecular flexibility index (Phi) is 3.78. The Bertz CT molecular complexity index is 469. The lowest BCUT2D eigenvalue weighted by molar-refractivity contribution is -0.193. The van der Waals surface area contributed by atoms with Crippen LogP contribution in [-0.4, -0.2) is 11.9 Å². The number of hydrogen-bond acceptors (Lipinski definition) is 2. The molecule has 1 spiro atoms. The second-order valence-corrected chi connectivity index (χ2v) is 6.34. The third kappa shape index (κ3) is 2.64. The highest BCUT2D eigenvalue weighted by atomic mass is 35.5. The van der Waals surface area contributed by atoms with Crippen molar-refractivity contribution in [3.05, 3.63) is 33.8 Å². The first kappa shape index (κ1) is 13.7. The van der Waals surface area contributed by atoms with Gasteiger partial charge in [0.25, 0.3) is 0 Å². The van der Waals surface area contributed by atoms with Gasteiger partial charge in [-0.25, -0.2) is 0 Å². The topological polar surface area (TPSA) is 18.5 Å². The van der Waals surface area contributed by atoms with E-state index < -0.39 is 0 Å². The van der Waals surface area contributed by atoms with Gasteiger partial charge in [0, 0.05) is 28.5 Å². The zero-order valence-corrected chi connectivity index (χ0v) is 12.5. The average Bonchev–Trinajstić information content (AvgIpc) is 2.67. The van der Waals surface area contributed by atoms with Crippen LogP contribution in [0.2, 0.25) is 10.0 Å². The molecule has 0 aromatic heterocycles. The molecule has 1 aromatic rings. The van der Waals surface area contributed by atoms with Crippen LogP contribution in [0.15, 0.2) is 18.2 Å². The van der Waals surface area contributed by atoms with Gasteiger partial charge in [0.1, 0.15) is 6.10 Å². The predicted octanol–water partition coefficient (Wildman–Crippen LogP) is 5.13. The van der Waals surface area contributed by atoms with Crippen LogP contribution < -0.4 is 0 Å². The molecule has 2 fully saturated rings. The molecule has 1 saturated heterocycles. The molecule has 2 aliphatic rings. The summed E-state index contributed by atoms with van der Waals surface area (Å²) in [7, 11) is 0. The first-order valence-corrected chi connectivity index (χ1v) is 7.66. The number of benzene rings is 1. The lowest BCUT2D eigenvalue weighted by Gasteiger charge is -2.31. The molecule has 0 bridgehead atoms. The Balaban J connectivity index is 1.85. The first-order chi connectivity index (χ1) is 9.10. The van der Waals surface area contributed by atoms with E-state index in [-0.39, 0.29) is 18.0 Å². The standard InChI is InChI=1S/C15H18Cl2O2/c1-10-14(12-6-5-11(16)9-13(12)17)19-15(18-10)7-3-2-4-8-15/h5-6,9-10,14H,2-4,7-8H2,1H3/t10-,14+/m0/s1. The van der Waals surface area contributed by atoms with E-state index in [1.807, 2.05) is 12.1 Å². The molecule has 1 aliphatic carbocycles. The highest BCUT2D eigenvalue weighted by Crippen LogP contribution is 2.47. The van der Waals surface area contributed by atoms with Gasteiger partial charge in [-0.05, 0) is 31.9 Å². The van der Waals surface area contributed by atoms with Crippen molar-refractivity contribution in [2.75, 3.05) is 0 Å². The lowest BCUT2D eigenvalue weighted by atomic mass is 9.94. The molecule has 0 amide bonds. The highest BCUT2D eigenvalue weighted by molar-refractivity contribution is 6.35. The van der Waals surface area contributed by atoms with Crippen LogP contribution in [0.25, 0.3) is 0 Å². The van der Waals surface area contributed by atoms with Crippen molar-refractivity contribution in [1.82, 2.24) is 0 Å². The molecular formula is C15H18Cl2O2. The van der Waals surface area contributed by atoms with Gasteiger partial charge in [-0.3, -0.25) is 0 Å². The monoisotopic (exact) mass is 300 g/mol. The summed E-state index contributed by atoms with van der Waals surface area (Å²) < 4.78 is 12.4. The van der Waals surface area contributed by atoms with Gasteiger partial charge < -0.3 is 9.47 Å². The van der Waals surface area contributed by atoms with E-state index in [2.05, 4.69) is 6.92 Å². The van der Waals surface area contributed by atoms with Crippen LogP contribution in [0.1, 0.15) is 50.7 Å². The van der Waals surface area contributed by atoms with Crippen molar-refractivity contribution < 1.29 is 9.47 Å². The van der Waals surface area contributed by atoms with Crippen molar-refractivity contribution in [3.63, 3.8) is 0 Å². The zero-order chi connectivity index (χ0) is 13.5. The van der Waals surface area contributed by atoms with Crippen LogP contribution in [0.4, 0.5) is 0 Å². The van der Waals surface area contributed by atoms with E-state index >= 15 is 0 Å². The minimum Gasteiger partial charge on any atom is -0.344 e. The van der Waals surface area contributed by atoms with Crippen LogP contribution in [0.3, 0.4) is 0 Å². The van der Waals surface area contributed by atoms with Crippen LogP contribution in [0.5, 0.6) is 0 Å². The molecule has 1 heterocycles. The maximum atomic E-state index is 6.28. The van der Waals surface area contributed by atoms with Crippen molar-refractivity contribution >= 4 is 23.2 Å². The van der Waals surface area contributed by atoms with Gasteiger partial charge in [0.2, 0.25) is 0 Å². The van der Waals surface area contributed by atoms with Crippen LogP contribution in [0, 0.1) is 0 Å². The van der Waals surface area contributed by atoms with E-state index in [9.17, 15) is 0 Å². The van der Waals surface area contributed by atoms with Gasteiger partial charge in [-0.2, -0.15) is 0 Å². The summed E-state index contributed by atoms with van der Waals surface area (Å²) in [5.74, 6) is -0.384. The maximum Gasteiger partial charge on any atom is 0.169 e. The Labute approximate surface area is 124 Å². The molecule has 19 heavy (non-hydrogen) atoms. The molecule has 4 heteroatoms. The molecule has 104 valence electrons. The molecule has 0 unspecified atom stereocenters. The zero-order valence-electron chi connectivity index (χ0n) is 11.0. The fourth-order valence-electron chi connectivity index (χ4n) is 3.13. The predicted molar refractivity (Wildman–Crippen MR) is 76.7 cm³/mol. The SMILES string of the molecule is C[C@@H]1OC2(CCCCC2)O[C@H]1c1ccc(Cl)cc1Cl. The molecule has 0 N–H and O–H groups in total. The fraction of sp³-hybridized carbons (Fsp3) is 0.600. The second kappa shape index (κ2) is 5.25. The molecule has 2 nitrogen and oxygen atoms in total. The number of ether oxygens (including phenoxy) is 2. The maximum absolute atomic E-state index is 6.28. The van der Waals surface area contributed by atoms with Crippen molar-refractivity contribution in [2.24, 2.45) is 0 Å². The largest absolute Gasteiger partial charge is 0.344 e. The van der Waals surface area contributed by atoms with Crippen LogP contribution in [-0.2, 0) is 9.47 Å². The minimum atomic E-state index is -0.384. The van der Waals surface area contributed by atoms with Crippen molar-refractivity contribution in [3.8, 4) is 0 Å². The summed E-state index contributed by atoms with van der Waals surface area (Å²) in [6.45, 7) is 2.05. The quantitative estimate of drug-likeness (QED) is 0.716. The molecule has 3 rings (SSSR count). The summed E-state index contributed by atoms with van der Waals surface area (Å²) in [6, 6.07) is 5.56. The van der Waals surface area contributed by atoms with Gasteiger partial charge in [0.15, 0.2) is 5.79 Å². The summed E-state index contributed by atoms with van der Waals surface area (Å²) >= 11 is 12.2. The smallest absolute Gasteiger partial charge is 0.169 e. The van der Waals surface area contributed by atoms with Crippen molar-refractivity contribution in [1.29, 1.82) is 0 Å². The normalized spacial score (nSPS) is 29.8. The van der Waals surface area contributed by atoms with Crippen LogP contribution >= 0.6 is 23.2 Å². The van der Waals surface area contributed by atoms with E-state index in [0.717, 1.165) is 18.4 Å². The Hall–Kier alpha value is -0.280. The third-order valence-corrected chi connectivity index (χ3v) is 4.62. The fourth-order valence-corrected chi connectivity index (χ4v) is 3.65. The van der Waals surface area contributed by atoms with E-state index in [0.29, 0.717) is 10.0 Å². The summed E-state index contributed by atoms with van der Waals surface area (Å²) in [5, 5.41) is 1.30. The Morgan fingerprint density at radius 2 is 1.84 bits per heavy atom. The molecule has 1 aromatic carbocycles. The summed E-state index contributed by atoms with van der Waals surface area (Å²) in [5.41, 5.74) is 0.973. The lowest BCUT2D eigenvalue weighted by Crippen LogP contribution is -2.33. The number of rotatable bonds is 1. The van der Waals surface area contributed by atoms with E-state index in [1.165, 1.54) is 19.3 Å². The van der Waals surface area contributed by atoms with Gasteiger partial charge >= 0.3 is 0 Å². The molecule has 0 radical (unpaired) electrons. The molecular weight excluding hydrogens is 283 g/mol. The second-order valence-electron chi connectivity index (χ2n) is 5.50. The number of hydrogen-bond donors (Lipinski definition) is 0. The van der Waals surface area contributed by atoms with Gasteiger partial charge in [-0.1, -0.05) is 35.7 Å². The van der Waals surface area contributed by atoms with Crippen molar-refractivity contribution in [2.45, 2.75) is 57.0 Å². The summed E-state index contributed by atoms with van der Waals surface area (Å²) in [6.07, 6.45) is 5.52. The molecule has 1 aliphatic heterocycles.